The number of rotatable bonds is 2. The van der Waals surface area contributed by atoms with E-state index in [1.54, 1.807) is 19.1 Å². The van der Waals surface area contributed by atoms with Crippen LogP contribution in [0.2, 0.25) is 0 Å². The Morgan fingerprint density at radius 3 is 2.65 bits per heavy atom. The highest BCUT2D eigenvalue weighted by Gasteiger charge is 2.28. The van der Waals surface area contributed by atoms with Gasteiger partial charge in [-0.25, -0.2) is 4.39 Å². The first kappa shape index (κ1) is 12.0. The Balaban J connectivity index is 2.25. The van der Waals surface area contributed by atoms with Gasteiger partial charge < -0.3 is 0 Å². The van der Waals surface area contributed by atoms with Gasteiger partial charge in [0.05, 0.1) is 6.54 Å². The van der Waals surface area contributed by atoms with E-state index >= 15 is 0 Å². The van der Waals surface area contributed by atoms with E-state index in [-0.39, 0.29) is 12.5 Å². The van der Waals surface area contributed by atoms with Crippen LogP contribution in [0.25, 0.3) is 0 Å². The molecule has 5 heteroatoms. The quantitative estimate of drug-likeness (QED) is 0.786. The van der Waals surface area contributed by atoms with Crippen molar-refractivity contribution in [2.24, 2.45) is 0 Å². The van der Waals surface area contributed by atoms with Crippen molar-refractivity contribution in [3.63, 3.8) is 0 Å². The van der Waals surface area contributed by atoms with Crippen LogP contribution >= 0.6 is 15.9 Å². The first-order valence-corrected chi connectivity index (χ1v) is 5.76. The number of hydrogen-bond acceptors (Lipinski definition) is 2. The van der Waals surface area contributed by atoms with Gasteiger partial charge in [-0.3, -0.25) is 14.5 Å². The Labute approximate surface area is 106 Å². The maximum Gasteiger partial charge on any atom is 0.256 e. The first-order valence-electron chi connectivity index (χ1n) is 4.97. The normalized spacial score (nSPS) is 15.5. The van der Waals surface area contributed by atoms with Crippen LogP contribution in [0.15, 0.2) is 34.3 Å². The van der Waals surface area contributed by atoms with E-state index in [0.29, 0.717) is 15.6 Å². The number of amides is 2. The van der Waals surface area contributed by atoms with E-state index in [4.69, 9.17) is 0 Å². The van der Waals surface area contributed by atoms with Crippen molar-refractivity contribution in [3.05, 3.63) is 45.7 Å². The monoisotopic (exact) mass is 297 g/mol. The average Bonchev–Trinajstić information content (AvgIpc) is 2.50. The van der Waals surface area contributed by atoms with Crippen LogP contribution < -0.4 is 0 Å². The second-order valence-corrected chi connectivity index (χ2v) is 4.71. The third-order valence-electron chi connectivity index (χ3n) is 2.52. The van der Waals surface area contributed by atoms with Gasteiger partial charge in [0.2, 0.25) is 0 Å². The van der Waals surface area contributed by atoms with Crippen LogP contribution in [-0.4, -0.2) is 16.7 Å². The predicted molar refractivity (Wildman–Crippen MR) is 63.4 cm³/mol. The molecule has 0 radical (unpaired) electrons. The number of nitrogens with zero attached hydrogens (tertiary/aromatic N) is 1. The molecule has 2 amide bonds. The fourth-order valence-electron chi connectivity index (χ4n) is 1.62. The van der Waals surface area contributed by atoms with Gasteiger partial charge in [0.25, 0.3) is 11.8 Å². The maximum atomic E-state index is 13.5. The zero-order valence-corrected chi connectivity index (χ0v) is 10.6. The standard InChI is InChI=1S/C12H9BrFNO2/c1-7-4-11(16)15(12(7)17)6-8-5-9(13)2-3-10(8)14/h2-5H,6H2,1H3. The minimum atomic E-state index is -0.432. The molecular weight excluding hydrogens is 289 g/mol. The van der Waals surface area contributed by atoms with E-state index in [1.807, 2.05) is 0 Å². The molecule has 0 spiro atoms. The zero-order chi connectivity index (χ0) is 12.6. The molecule has 1 aromatic carbocycles. The lowest BCUT2D eigenvalue weighted by atomic mass is 10.2. The van der Waals surface area contributed by atoms with Gasteiger partial charge in [0, 0.05) is 21.7 Å². The summed E-state index contributed by atoms with van der Waals surface area (Å²) in [6.45, 7) is 1.52. The van der Waals surface area contributed by atoms with Gasteiger partial charge in [-0.1, -0.05) is 15.9 Å². The van der Waals surface area contributed by atoms with Gasteiger partial charge >= 0.3 is 0 Å². The minimum absolute atomic E-state index is 0.0449. The molecule has 1 heterocycles. The molecule has 0 atom stereocenters. The largest absolute Gasteiger partial charge is 0.271 e. The van der Waals surface area contributed by atoms with Crippen molar-refractivity contribution in [2.45, 2.75) is 13.5 Å². The lowest BCUT2D eigenvalue weighted by Crippen LogP contribution is -2.30. The summed E-state index contributed by atoms with van der Waals surface area (Å²) in [5.41, 5.74) is 0.689. The van der Waals surface area contributed by atoms with Crippen LogP contribution in [0.5, 0.6) is 0 Å². The summed E-state index contributed by atoms with van der Waals surface area (Å²) >= 11 is 3.22. The van der Waals surface area contributed by atoms with Crippen molar-refractivity contribution in [1.82, 2.24) is 4.90 Å². The van der Waals surface area contributed by atoms with Crippen LogP contribution in [0, 0.1) is 5.82 Å². The van der Waals surface area contributed by atoms with Gasteiger partial charge in [0.15, 0.2) is 0 Å². The molecule has 1 aliphatic rings. The van der Waals surface area contributed by atoms with Crippen molar-refractivity contribution in [1.29, 1.82) is 0 Å². The summed E-state index contributed by atoms with van der Waals surface area (Å²) in [6.07, 6.45) is 1.26. The highest BCUT2D eigenvalue weighted by atomic mass is 79.9. The molecule has 2 rings (SSSR count). The molecule has 0 saturated heterocycles. The van der Waals surface area contributed by atoms with E-state index in [2.05, 4.69) is 15.9 Å². The van der Waals surface area contributed by atoms with Gasteiger partial charge in [0.1, 0.15) is 5.82 Å². The molecule has 0 unspecified atom stereocenters. The Morgan fingerprint density at radius 2 is 2.06 bits per heavy atom. The summed E-state index contributed by atoms with van der Waals surface area (Å²) in [6, 6.07) is 4.42. The lowest BCUT2D eigenvalue weighted by Gasteiger charge is -2.15. The summed E-state index contributed by atoms with van der Waals surface area (Å²) in [5.74, 6) is -1.19. The van der Waals surface area contributed by atoms with E-state index < -0.39 is 11.7 Å². The van der Waals surface area contributed by atoms with Gasteiger partial charge in [-0.15, -0.1) is 0 Å². The fraction of sp³-hybridized carbons (Fsp3) is 0.167. The highest BCUT2D eigenvalue weighted by molar-refractivity contribution is 9.10. The van der Waals surface area contributed by atoms with Crippen molar-refractivity contribution < 1.29 is 14.0 Å². The van der Waals surface area contributed by atoms with E-state index in [0.717, 1.165) is 4.90 Å². The number of carbonyl (C=O) groups is 2. The lowest BCUT2D eigenvalue weighted by molar-refractivity contribution is -0.137. The van der Waals surface area contributed by atoms with Crippen LogP contribution in [0.4, 0.5) is 4.39 Å². The van der Waals surface area contributed by atoms with Gasteiger partial charge in [-0.2, -0.15) is 0 Å². The molecule has 0 saturated carbocycles. The summed E-state index contributed by atoms with van der Waals surface area (Å²) in [5, 5.41) is 0. The summed E-state index contributed by atoms with van der Waals surface area (Å²) in [7, 11) is 0. The molecule has 3 nitrogen and oxygen atoms in total. The molecule has 17 heavy (non-hydrogen) atoms. The van der Waals surface area contributed by atoms with Crippen molar-refractivity contribution in [2.75, 3.05) is 0 Å². The topological polar surface area (TPSA) is 37.4 Å². The number of hydrogen-bond donors (Lipinski definition) is 0. The second kappa shape index (κ2) is 4.41. The van der Waals surface area contributed by atoms with Crippen LogP contribution in [-0.2, 0) is 16.1 Å². The zero-order valence-electron chi connectivity index (χ0n) is 9.04. The smallest absolute Gasteiger partial charge is 0.256 e. The molecule has 0 fully saturated rings. The van der Waals surface area contributed by atoms with Gasteiger partial charge in [-0.05, 0) is 25.1 Å². The van der Waals surface area contributed by atoms with E-state index in [1.165, 1.54) is 12.1 Å². The van der Waals surface area contributed by atoms with Crippen molar-refractivity contribution in [3.8, 4) is 0 Å². The SMILES string of the molecule is CC1=CC(=O)N(Cc2cc(Br)ccc2F)C1=O. The molecule has 88 valence electrons. The highest BCUT2D eigenvalue weighted by Crippen LogP contribution is 2.20. The number of imide groups is 1. The molecule has 1 aromatic rings. The molecule has 0 bridgehead atoms. The number of benzene rings is 1. The van der Waals surface area contributed by atoms with Crippen LogP contribution in [0.1, 0.15) is 12.5 Å². The maximum absolute atomic E-state index is 13.5. The fourth-order valence-corrected chi connectivity index (χ4v) is 2.03. The number of halogens is 2. The first-order chi connectivity index (χ1) is 7.99. The Bertz CT molecular complexity index is 539. The minimum Gasteiger partial charge on any atom is -0.271 e. The molecule has 1 aliphatic heterocycles. The molecule has 0 N–H and O–H groups in total. The summed E-state index contributed by atoms with van der Waals surface area (Å²) in [4.78, 5) is 24.1. The Morgan fingerprint density at radius 1 is 1.35 bits per heavy atom. The second-order valence-electron chi connectivity index (χ2n) is 3.79. The predicted octanol–water partition coefficient (Wildman–Crippen LogP) is 2.40. The molecular formula is C12H9BrFNO2. The third-order valence-corrected chi connectivity index (χ3v) is 3.02. The average molecular weight is 298 g/mol. The Hall–Kier alpha value is -1.49. The number of carbonyl (C=O) groups excluding carboxylic acids is 2. The third kappa shape index (κ3) is 2.29. The van der Waals surface area contributed by atoms with Crippen LogP contribution in [0.3, 0.4) is 0 Å². The molecule has 0 aliphatic carbocycles. The summed E-state index contributed by atoms with van der Waals surface area (Å²) < 4.78 is 14.2. The van der Waals surface area contributed by atoms with E-state index in [9.17, 15) is 14.0 Å². The molecule has 0 aromatic heterocycles. The van der Waals surface area contributed by atoms with Crippen molar-refractivity contribution >= 4 is 27.7 Å². The Kier molecular flexibility index (Phi) is 3.11.